The lowest BCUT2D eigenvalue weighted by molar-refractivity contribution is 0.969. The minimum atomic E-state index is 1.23. The topological polar surface area (TPSA) is 4.93 Å². The number of fused-ring (bicyclic) bond motifs is 2. The van der Waals surface area contributed by atoms with Gasteiger partial charge in [-0.3, -0.25) is 0 Å². The van der Waals surface area contributed by atoms with Gasteiger partial charge in [-0.15, -0.1) is 0 Å². The second-order valence-corrected chi connectivity index (χ2v) is 5.68. The molecular formula is C21H17N. The van der Waals surface area contributed by atoms with Crippen LogP contribution in [0.15, 0.2) is 72.9 Å². The summed E-state index contributed by atoms with van der Waals surface area (Å²) >= 11 is 0. The van der Waals surface area contributed by atoms with Crippen LogP contribution in [0.1, 0.15) is 11.1 Å². The van der Waals surface area contributed by atoms with Crippen LogP contribution in [0, 0.1) is 0 Å². The molecule has 0 N–H and O–H groups in total. The first-order valence-electron chi connectivity index (χ1n) is 7.52. The number of aryl methyl sites for hydroxylation is 1. The maximum absolute atomic E-state index is 2.23. The van der Waals surface area contributed by atoms with Crippen LogP contribution >= 0.6 is 0 Å². The van der Waals surface area contributed by atoms with Crippen molar-refractivity contribution in [3.8, 4) is 0 Å². The molecule has 4 aromatic rings. The van der Waals surface area contributed by atoms with E-state index in [2.05, 4.69) is 96.7 Å². The van der Waals surface area contributed by atoms with E-state index in [9.17, 15) is 0 Å². The molecule has 4 rings (SSSR count). The highest BCUT2D eigenvalue weighted by atomic mass is 14.9. The van der Waals surface area contributed by atoms with Crippen LogP contribution in [-0.2, 0) is 7.05 Å². The first-order chi connectivity index (χ1) is 10.8. The predicted octanol–water partition coefficient (Wildman–Crippen LogP) is 5.50. The highest BCUT2D eigenvalue weighted by Gasteiger charge is 1.98. The van der Waals surface area contributed by atoms with Crippen molar-refractivity contribution >= 4 is 33.8 Å². The van der Waals surface area contributed by atoms with E-state index in [1.54, 1.807) is 0 Å². The van der Waals surface area contributed by atoms with E-state index in [0.717, 1.165) is 0 Å². The Morgan fingerprint density at radius 2 is 1.36 bits per heavy atom. The Labute approximate surface area is 130 Å². The van der Waals surface area contributed by atoms with Gasteiger partial charge in [0, 0.05) is 24.1 Å². The van der Waals surface area contributed by atoms with Crippen molar-refractivity contribution in [1.82, 2.24) is 4.57 Å². The second-order valence-electron chi connectivity index (χ2n) is 5.68. The van der Waals surface area contributed by atoms with Gasteiger partial charge in [-0.1, -0.05) is 54.6 Å². The standard InChI is InChI=1S/C21H17N/c1-22-13-12-20-15-17(9-11-21(20)22)7-6-16-8-10-18-4-2-3-5-19(18)14-16/h2-15H,1H3/b7-6+. The summed E-state index contributed by atoms with van der Waals surface area (Å²) in [5, 5.41) is 3.84. The van der Waals surface area contributed by atoms with E-state index in [-0.39, 0.29) is 0 Å². The van der Waals surface area contributed by atoms with Crippen molar-refractivity contribution in [2.24, 2.45) is 7.05 Å². The van der Waals surface area contributed by atoms with Gasteiger partial charge in [0.05, 0.1) is 0 Å². The molecule has 1 nitrogen and oxygen atoms in total. The molecule has 0 amide bonds. The molecule has 0 atom stereocenters. The van der Waals surface area contributed by atoms with Crippen molar-refractivity contribution in [3.05, 3.63) is 84.1 Å². The molecule has 0 aliphatic rings. The minimum Gasteiger partial charge on any atom is -0.351 e. The number of benzene rings is 3. The third-order valence-electron chi connectivity index (χ3n) is 4.15. The molecule has 0 saturated carbocycles. The summed E-state index contributed by atoms with van der Waals surface area (Å²) in [7, 11) is 2.08. The van der Waals surface area contributed by atoms with Crippen LogP contribution in [0.5, 0.6) is 0 Å². The Morgan fingerprint density at radius 3 is 2.18 bits per heavy atom. The zero-order valence-corrected chi connectivity index (χ0v) is 12.5. The monoisotopic (exact) mass is 283 g/mol. The van der Waals surface area contributed by atoms with Gasteiger partial charge in [0.25, 0.3) is 0 Å². The average Bonchev–Trinajstić information content (AvgIpc) is 2.93. The third-order valence-corrected chi connectivity index (χ3v) is 4.15. The zero-order valence-electron chi connectivity index (χ0n) is 12.5. The minimum absolute atomic E-state index is 1.23. The maximum Gasteiger partial charge on any atom is 0.0478 e. The van der Waals surface area contributed by atoms with Crippen molar-refractivity contribution in [2.75, 3.05) is 0 Å². The molecular weight excluding hydrogens is 266 g/mol. The van der Waals surface area contributed by atoms with Crippen LogP contribution in [0.4, 0.5) is 0 Å². The van der Waals surface area contributed by atoms with Crippen LogP contribution in [0.3, 0.4) is 0 Å². The van der Waals surface area contributed by atoms with Crippen LogP contribution < -0.4 is 0 Å². The normalized spacial score (nSPS) is 11.7. The summed E-state index contributed by atoms with van der Waals surface area (Å²) < 4.78 is 2.15. The van der Waals surface area contributed by atoms with E-state index < -0.39 is 0 Å². The lowest BCUT2D eigenvalue weighted by atomic mass is 10.1. The lowest BCUT2D eigenvalue weighted by Gasteiger charge is -2.00. The fourth-order valence-electron chi connectivity index (χ4n) is 2.91. The molecule has 106 valence electrons. The first kappa shape index (κ1) is 12.9. The third kappa shape index (κ3) is 2.31. The molecule has 22 heavy (non-hydrogen) atoms. The molecule has 0 aliphatic heterocycles. The van der Waals surface area contributed by atoms with Crippen molar-refractivity contribution in [3.63, 3.8) is 0 Å². The van der Waals surface area contributed by atoms with Gasteiger partial charge in [-0.25, -0.2) is 0 Å². The van der Waals surface area contributed by atoms with E-state index >= 15 is 0 Å². The molecule has 3 aromatic carbocycles. The Morgan fingerprint density at radius 1 is 0.682 bits per heavy atom. The van der Waals surface area contributed by atoms with E-state index in [4.69, 9.17) is 0 Å². The fraction of sp³-hybridized carbons (Fsp3) is 0.0476. The predicted molar refractivity (Wildman–Crippen MR) is 95.8 cm³/mol. The largest absolute Gasteiger partial charge is 0.351 e. The highest BCUT2D eigenvalue weighted by Crippen LogP contribution is 2.20. The van der Waals surface area contributed by atoms with Crippen LogP contribution in [0.2, 0.25) is 0 Å². The molecule has 0 aliphatic carbocycles. The summed E-state index contributed by atoms with van der Waals surface area (Å²) in [6, 6.07) is 23.8. The number of hydrogen-bond donors (Lipinski definition) is 0. The summed E-state index contributed by atoms with van der Waals surface area (Å²) in [5.74, 6) is 0. The number of nitrogens with zero attached hydrogens (tertiary/aromatic N) is 1. The summed E-state index contributed by atoms with van der Waals surface area (Å²) in [4.78, 5) is 0. The SMILES string of the molecule is Cn1ccc2cc(/C=C/c3ccc4ccccc4c3)ccc21. The highest BCUT2D eigenvalue weighted by molar-refractivity contribution is 5.87. The molecule has 1 aromatic heterocycles. The molecule has 0 bridgehead atoms. The molecule has 0 saturated heterocycles. The van der Waals surface area contributed by atoms with Gasteiger partial charge < -0.3 is 4.57 Å². The smallest absolute Gasteiger partial charge is 0.0478 e. The van der Waals surface area contributed by atoms with Crippen LogP contribution in [0.25, 0.3) is 33.8 Å². The summed E-state index contributed by atoms with van der Waals surface area (Å²) in [6.45, 7) is 0. The Kier molecular flexibility index (Phi) is 3.05. The van der Waals surface area contributed by atoms with E-state index in [1.165, 1.54) is 32.8 Å². The Balaban J connectivity index is 1.68. The Hall–Kier alpha value is -2.80. The second kappa shape index (κ2) is 5.19. The first-order valence-corrected chi connectivity index (χ1v) is 7.52. The molecule has 0 radical (unpaired) electrons. The Bertz CT molecular complexity index is 989. The van der Waals surface area contributed by atoms with Crippen molar-refractivity contribution in [1.29, 1.82) is 0 Å². The molecule has 1 heterocycles. The van der Waals surface area contributed by atoms with Gasteiger partial charge in [0.2, 0.25) is 0 Å². The van der Waals surface area contributed by atoms with E-state index in [0.29, 0.717) is 0 Å². The van der Waals surface area contributed by atoms with Crippen molar-refractivity contribution < 1.29 is 0 Å². The van der Waals surface area contributed by atoms with E-state index in [1.807, 2.05) is 0 Å². The zero-order chi connectivity index (χ0) is 14.9. The molecule has 1 heteroatoms. The summed E-state index contributed by atoms with van der Waals surface area (Å²) in [6.07, 6.45) is 6.45. The van der Waals surface area contributed by atoms with Gasteiger partial charge in [0.15, 0.2) is 0 Å². The average molecular weight is 283 g/mol. The number of hydrogen-bond acceptors (Lipinski definition) is 0. The number of rotatable bonds is 2. The molecule has 0 unspecified atom stereocenters. The summed E-state index contributed by atoms with van der Waals surface area (Å²) in [5.41, 5.74) is 3.72. The quantitative estimate of drug-likeness (QED) is 0.428. The number of aromatic nitrogens is 1. The lowest BCUT2D eigenvalue weighted by Crippen LogP contribution is -1.83. The molecule has 0 fully saturated rings. The fourth-order valence-corrected chi connectivity index (χ4v) is 2.91. The van der Waals surface area contributed by atoms with Gasteiger partial charge in [0.1, 0.15) is 0 Å². The maximum atomic E-state index is 2.23. The van der Waals surface area contributed by atoms with Gasteiger partial charge in [-0.05, 0) is 46.2 Å². The van der Waals surface area contributed by atoms with Gasteiger partial charge in [-0.2, -0.15) is 0 Å². The molecule has 0 spiro atoms. The van der Waals surface area contributed by atoms with Gasteiger partial charge >= 0.3 is 0 Å². The van der Waals surface area contributed by atoms with Crippen molar-refractivity contribution in [2.45, 2.75) is 0 Å². The van der Waals surface area contributed by atoms with Crippen LogP contribution in [-0.4, -0.2) is 4.57 Å².